The van der Waals surface area contributed by atoms with Crippen LogP contribution in [0.2, 0.25) is 0 Å². The molecule has 31 heavy (non-hydrogen) atoms. The number of aromatic nitrogens is 1. The third-order valence-electron chi connectivity index (χ3n) is 5.91. The lowest BCUT2D eigenvalue weighted by Gasteiger charge is -2.39. The Balaban J connectivity index is 0.00000272. The molecule has 2 N–H and O–H groups in total. The van der Waals surface area contributed by atoms with Crippen LogP contribution in [0, 0.1) is 0 Å². The molecular weight excluding hydrogens is 538 g/mol. The van der Waals surface area contributed by atoms with Crippen LogP contribution in [0.15, 0.2) is 40.7 Å². The smallest absolute Gasteiger partial charge is 0.354 e. The van der Waals surface area contributed by atoms with Gasteiger partial charge >= 0.3 is 6.18 Å². The van der Waals surface area contributed by atoms with Crippen molar-refractivity contribution in [2.45, 2.75) is 63.1 Å². The highest BCUT2D eigenvalue weighted by Crippen LogP contribution is 2.37. The molecule has 0 spiro atoms. The number of guanidine groups is 1. The van der Waals surface area contributed by atoms with Gasteiger partial charge in [-0.1, -0.05) is 30.3 Å². The number of aliphatic imine (C=N–C) groups is 1. The number of halogens is 4. The van der Waals surface area contributed by atoms with Crippen molar-refractivity contribution < 1.29 is 13.2 Å². The minimum Gasteiger partial charge on any atom is -0.354 e. The lowest BCUT2D eigenvalue weighted by atomic mass is 9.96. The number of piperidine rings is 1. The van der Waals surface area contributed by atoms with E-state index in [-0.39, 0.29) is 30.5 Å². The van der Waals surface area contributed by atoms with Crippen molar-refractivity contribution in [3.63, 3.8) is 0 Å². The molecule has 2 atom stereocenters. The van der Waals surface area contributed by atoms with Crippen LogP contribution in [0.25, 0.3) is 0 Å². The molecule has 4 rings (SSSR count). The lowest BCUT2D eigenvalue weighted by Crippen LogP contribution is -2.52. The Morgan fingerprint density at radius 2 is 1.87 bits per heavy atom. The van der Waals surface area contributed by atoms with Crippen molar-refractivity contribution in [3.05, 3.63) is 52.0 Å². The Morgan fingerprint density at radius 1 is 1.19 bits per heavy atom. The molecule has 2 aliphatic rings. The van der Waals surface area contributed by atoms with Gasteiger partial charge in [-0.15, -0.1) is 35.3 Å². The summed E-state index contributed by atoms with van der Waals surface area (Å²) in [7, 11) is 1.68. The fraction of sp³-hybridized carbons (Fsp3) is 0.524. The van der Waals surface area contributed by atoms with Crippen LogP contribution in [-0.2, 0) is 19.3 Å². The van der Waals surface area contributed by atoms with Crippen LogP contribution in [0.3, 0.4) is 0 Å². The molecule has 0 saturated carbocycles. The highest BCUT2D eigenvalue weighted by Gasteiger charge is 2.40. The van der Waals surface area contributed by atoms with E-state index in [1.165, 1.54) is 18.4 Å². The second-order valence-corrected chi connectivity index (χ2v) is 8.85. The van der Waals surface area contributed by atoms with E-state index in [0.717, 1.165) is 36.1 Å². The summed E-state index contributed by atoms with van der Waals surface area (Å²) in [5.41, 5.74) is 0.509. The topological polar surface area (TPSA) is 52.6 Å². The molecule has 3 heterocycles. The average Bonchev–Trinajstić information content (AvgIpc) is 3.28. The molecule has 10 heteroatoms. The van der Waals surface area contributed by atoms with Crippen LogP contribution in [-0.4, -0.2) is 41.0 Å². The van der Waals surface area contributed by atoms with Gasteiger partial charge in [0.05, 0.1) is 6.54 Å². The van der Waals surface area contributed by atoms with E-state index in [4.69, 9.17) is 0 Å². The number of thiazole rings is 1. The molecule has 2 aliphatic heterocycles. The maximum atomic E-state index is 12.7. The van der Waals surface area contributed by atoms with Gasteiger partial charge in [-0.2, -0.15) is 13.2 Å². The number of alkyl halides is 3. The van der Waals surface area contributed by atoms with Gasteiger partial charge in [0, 0.05) is 37.1 Å². The van der Waals surface area contributed by atoms with E-state index in [9.17, 15) is 13.2 Å². The number of fused-ring (bicyclic) bond motifs is 2. The highest BCUT2D eigenvalue weighted by molar-refractivity contribution is 14.0. The zero-order valence-corrected chi connectivity index (χ0v) is 20.4. The van der Waals surface area contributed by atoms with Gasteiger partial charge < -0.3 is 10.6 Å². The molecule has 5 nitrogen and oxygen atoms in total. The summed E-state index contributed by atoms with van der Waals surface area (Å²) >= 11 is 1.00. The van der Waals surface area contributed by atoms with Gasteiger partial charge in [-0.05, 0) is 31.2 Å². The second kappa shape index (κ2) is 10.5. The zero-order chi connectivity index (χ0) is 21.1. The molecule has 0 aliphatic carbocycles. The highest BCUT2D eigenvalue weighted by atomic mass is 127. The van der Waals surface area contributed by atoms with Crippen molar-refractivity contribution in [2.75, 3.05) is 7.05 Å². The first-order valence-electron chi connectivity index (χ1n) is 10.2. The van der Waals surface area contributed by atoms with Crippen LogP contribution >= 0.6 is 35.3 Å². The van der Waals surface area contributed by atoms with Crippen LogP contribution in [0.4, 0.5) is 13.2 Å². The average molecular weight is 565 g/mol. The molecule has 0 amide bonds. The Labute approximate surface area is 201 Å². The van der Waals surface area contributed by atoms with Gasteiger partial charge in [0.25, 0.3) is 0 Å². The predicted octanol–water partition coefficient (Wildman–Crippen LogP) is 4.64. The Kier molecular flexibility index (Phi) is 8.19. The molecule has 170 valence electrons. The van der Waals surface area contributed by atoms with E-state index in [1.54, 1.807) is 7.05 Å². The standard InChI is InChI=1S/C21H26F3N5S.HI/c1-25-20(26-11-19-28-18(13-30-19)21(22,23)24)27-15-9-16-7-8-17(10-15)29(16)12-14-5-3-2-4-6-14;/h2-6,13,15-17H,7-12H2,1H3,(H2,25,26,27);1H. The van der Waals surface area contributed by atoms with Gasteiger partial charge in [0.15, 0.2) is 11.7 Å². The molecule has 1 aromatic heterocycles. The fourth-order valence-electron chi connectivity index (χ4n) is 4.51. The second-order valence-electron chi connectivity index (χ2n) is 7.91. The molecule has 2 bridgehead atoms. The van der Waals surface area contributed by atoms with E-state index in [0.29, 0.717) is 29.1 Å². The normalized spacial score (nSPS) is 24.0. The first-order valence-corrected chi connectivity index (χ1v) is 11.1. The SMILES string of the molecule is CN=C(NCc1nc(C(F)(F)F)cs1)NC1CC2CCC(C1)N2Cc1ccccc1.I. The minimum atomic E-state index is -4.40. The maximum absolute atomic E-state index is 12.7. The van der Waals surface area contributed by atoms with Gasteiger partial charge in [0.2, 0.25) is 0 Å². The summed E-state index contributed by atoms with van der Waals surface area (Å²) in [6, 6.07) is 12.0. The van der Waals surface area contributed by atoms with Gasteiger partial charge in [0.1, 0.15) is 5.01 Å². The third-order valence-corrected chi connectivity index (χ3v) is 6.75. The Hall–Kier alpha value is -1.40. The molecule has 1 aromatic carbocycles. The summed E-state index contributed by atoms with van der Waals surface area (Å²) in [6.07, 6.45) is 0.1000. The van der Waals surface area contributed by atoms with Crippen molar-refractivity contribution in [1.82, 2.24) is 20.5 Å². The van der Waals surface area contributed by atoms with E-state index in [2.05, 4.69) is 49.8 Å². The van der Waals surface area contributed by atoms with Crippen molar-refractivity contribution in [1.29, 1.82) is 0 Å². The minimum absolute atomic E-state index is 0. The molecule has 0 radical (unpaired) electrons. The summed E-state index contributed by atoms with van der Waals surface area (Å²) in [5, 5.41) is 8.01. The molecular formula is C21H27F3IN5S. The van der Waals surface area contributed by atoms with Gasteiger partial charge in [-0.3, -0.25) is 9.89 Å². The van der Waals surface area contributed by atoms with Crippen LogP contribution < -0.4 is 10.6 Å². The van der Waals surface area contributed by atoms with Crippen LogP contribution in [0.5, 0.6) is 0 Å². The Bertz CT molecular complexity index is 859. The maximum Gasteiger partial charge on any atom is 0.434 e. The van der Waals surface area contributed by atoms with Crippen molar-refractivity contribution >= 4 is 41.3 Å². The lowest BCUT2D eigenvalue weighted by molar-refractivity contribution is -0.140. The molecule has 2 saturated heterocycles. The first-order chi connectivity index (χ1) is 14.4. The van der Waals surface area contributed by atoms with Crippen molar-refractivity contribution in [3.8, 4) is 0 Å². The third kappa shape index (κ3) is 6.10. The predicted molar refractivity (Wildman–Crippen MR) is 128 cm³/mol. The number of hydrogen-bond donors (Lipinski definition) is 2. The monoisotopic (exact) mass is 565 g/mol. The number of nitrogens with zero attached hydrogens (tertiary/aromatic N) is 3. The molecule has 2 unspecified atom stereocenters. The Morgan fingerprint density at radius 3 is 2.45 bits per heavy atom. The number of nitrogens with one attached hydrogen (secondary N) is 2. The summed E-state index contributed by atoms with van der Waals surface area (Å²) in [6.45, 7) is 1.21. The number of hydrogen-bond acceptors (Lipinski definition) is 4. The van der Waals surface area contributed by atoms with E-state index < -0.39 is 11.9 Å². The fourth-order valence-corrected chi connectivity index (χ4v) is 5.25. The van der Waals surface area contributed by atoms with E-state index in [1.807, 2.05) is 6.07 Å². The van der Waals surface area contributed by atoms with Crippen LogP contribution in [0.1, 0.15) is 41.9 Å². The summed E-state index contributed by atoms with van der Waals surface area (Å²) < 4.78 is 38.1. The van der Waals surface area contributed by atoms with E-state index >= 15 is 0 Å². The molecule has 2 fully saturated rings. The molecule has 2 aromatic rings. The summed E-state index contributed by atoms with van der Waals surface area (Å²) in [4.78, 5) is 10.5. The van der Waals surface area contributed by atoms with Gasteiger partial charge in [-0.25, -0.2) is 4.98 Å². The largest absolute Gasteiger partial charge is 0.434 e. The van der Waals surface area contributed by atoms with Crippen molar-refractivity contribution in [2.24, 2.45) is 4.99 Å². The summed E-state index contributed by atoms with van der Waals surface area (Å²) in [5.74, 6) is 0.611. The first kappa shape index (κ1) is 24.2. The zero-order valence-electron chi connectivity index (χ0n) is 17.2. The number of rotatable bonds is 5. The quantitative estimate of drug-likeness (QED) is 0.315. The number of benzene rings is 1.